The minimum Gasteiger partial charge on any atom is -0.372 e. The summed E-state index contributed by atoms with van der Waals surface area (Å²) in [6.45, 7) is 0.736. The molecule has 2 rings (SSSR count). The van der Waals surface area contributed by atoms with E-state index in [0.717, 1.165) is 5.69 Å². The number of hydrogen-bond acceptors (Lipinski definition) is 5. The Morgan fingerprint density at radius 2 is 2.11 bits per heavy atom. The number of rotatable bonds is 6. The van der Waals surface area contributed by atoms with Gasteiger partial charge in [0.2, 0.25) is 5.78 Å². The number of aromatic nitrogens is 3. The van der Waals surface area contributed by atoms with Crippen LogP contribution in [0.15, 0.2) is 36.5 Å². The Hall–Kier alpha value is -2.05. The number of carbonyl (C=O) groups excluding carboxylic acids is 1. The lowest BCUT2D eigenvalue weighted by Gasteiger charge is -2.05. The summed E-state index contributed by atoms with van der Waals surface area (Å²) in [6, 6.07) is 9.34. The SMILES string of the molecule is NCCOCC(=O)c1cnnn1-c1ccccc1. The van der Waals surface area contributed by atoms with Crippen molar-refractivity contribution in [1.29, 1.82) is 0 Å². The molecule has 1 aromatic carbocycles. The largest absolute Gasteiger partial charge is 0.372 e. The third kappa shape index (κ3) is 2.79. The summed E-state index contributed by atoms with van der Waals surface area (Å²) in [4.78, 5) is 11.9. The Labute approximate surface area is 104 Å². The minimum absolute atomic E-state index is 0.0165. The molecule has 0 atom stereocenters. The van der Waals surface area contributed by atoms with Gasteiger partial charge in [0, 0.05) is 6.54 Å². The second-order valence-corrected chi connectivity index (χ2v) is 3.63. The highest BCUT2D eigenvalue weighted by Crippen LogP contribution is 2.09. The zero-order valence-corrected chi connectivity index (χ0v) is 9.82. The Bertz CT molecular complexity index is 510. The standard InChI is InChI=1S/C12H14N4O2/c13-6-7-18-9-12(17)11-8-14-15-16(11)10-4-2-1-3-5-10/h1-5,8H,6-7,9,13H2. The number of ether oxygens (including phenoxy) is 1. The van der Waals surface area contributed by atoms with E-state index in [2.05, 4.69) is 10.3 Å². The summed E-state index contributed by atoms with van der Waals surface area (Å²) in [5.74, 6) is -0.169. The summed E-state index contributed by atoms with van der Waals surface area (Å²) >= 11 is 0. The zero-order chi connectivity index (χ0) is 12.8. The lowest BCUT2D eigenvalue weighted by Crippen LogP contribution is -2.17. The van der Waals surface area contributed by atoms with Crippen LogP contribution in [0, 0.1) is 0 Å². The van der Waals surface area contributed by atoms with Gasteiger partial charge in [-0.25, -0.2) is 4.68 Å². The van der Waals surface area contributed by atoms with E-state index in [4.69, 9.17) is 10.5 Å². The van der Waals surface area contributed by atoms with Crippen LogP contribution >= 0.6 is 0 Å². The highest BCUT2D eigenvalue weighted by Gasteiger charge is 2.14. The Kier molecular flexibility index (Phi) is 4.16. The maximum absolute atomic E-state index is 11.9. The molecule has 0 bridgehead atoms. The molecule has 2 N–H and O–H groups in total. The maximum Gasteiger partial charge on any atom is 0.208 e. The predicted octanol–water partition coefficient (Wildman–Crippen LogP) is 0.425. The van der Waals surface area contributed by atoms with Crippen molar-refractivity contribution in [2.45, 2.75) is 0 Å². The highest BCUT2D eigenvalue weighted by molar-refractivity contribution is 5.95. The second-order valence-electron chi connectivity index (χ2n) is 3.63. The molecule has 18 heavy (non-hydrogen) atoms. The maximum atomic E-state index is 11.9. The van der Waals surface area contributed by atoms with Crippen LogP contribution in [0.25, 0.3) is 5.69 Å². The van der Waals surface area contributed by atoms with Crippen molar-refractivity contribution >= 4 is 5.78 Å². The molecule has 6 nitrogen and oxygen atoms in total. The van der Waals surface area contributed by atoms with E-state index >= 15 is 0 Å². The summed E-state index contributed by atoms with van der Waals surface area (Å²) in [7, 11) is 0. The van der Waals surface area contributed by atoms with Crippen molar-refractivity contribution in [3.05, 3.63) is 42.2 Å². The molecule has 0 aliphatic rings. The Morgan fingerprint density at radius 1 is 1.33 bits per heavy atom. The number of carbonyl (C=O) groups is 1. The summed E-state index contributed by atoms with van der Waals surface area (Å²) in [6.07, 6.45) is 1.43. The van der Waals surface area contributed by atoms with Crippen LogP contribution < -0.4 is 5.73 Å². The fraction of sp³-hybridized carbons (Fsp3) is 0.250. The van der Waals surface area contributed by atoms with Crippen LogP contribution in [0.2, 0.25) is 0 Å². The molecule has 0 aliphatic carbocycles. The number of benzene rings is 1. The van der Waals surface area contributed by atoms with E-state index in [1.54, 1.807) is 0 Å². The molecule has 0 spiro atoms. The van der Waals surface area contributed by atoms with Crippen LogP contribution in [0.1, 0.15) is 10.5 Å². The molecular formula is C12H14N4O2. The lowest BCUT2D eigenvalue weighted by atomic mass is 10.3. The van der Waals surface area contributed by atoms with Crippen LogP contribution in [-0.4, -0.2) is 40.5 Å². The monoisotopic (exact) mass is 246 g/mol. The van der Waals surface area contributed by atoms with Crippen LogP contribution in [0.4, 0.5) is 0 Å². The fourth-order valence-electron chi connectivity index (χ4n) is 1.51. The molecule has 0 aliphatic heterocycles. The van der Waals surface area contributed by atoms with Crippen molar-refractivity contribution in [3.63, 3.8) is 0 Å². The number of Topliss-reactive ketones (excluding diaryl/α,β-unsaturated/α-hetero) is 1. The summed E-state index contributed by atoms with van der Waals surface area (Å²) < 4.78 is 6.61. The molecule has 94 valence electrons. The van der Waals surface area contributed by atoms with Crippen LogP contribution in [0.3, 0.4) is 0 Å². The molecule has 0 unspecified atom stereocenters. The number of para-hydroxylation sites is 1. The quantitative estimate of drug-likeness (QED) is 0.590. The van der Waals surface area contributed by atoms with Crippen molar-refractivity contribution < 1.29 is 9.53 Å². The van der Waals surface area contributed by atoms with Gasteiger partial charge < -0.3 is 10.5 Å². The first kappa shape index (κ1) is 12.4. The molecule has 2 aromatic rings. The van der Waals surface area contributed by atoms with E-state index in [-0.39, 0.29) is 12.4 Å². The van der Waals surface area contributed by atoms with Crippen molar-refractivity contribution in [2.75, 3.05) is 19.8 Å². The van der Waals surface area contributed by atoms with Gasteiger partial charge in [-0.3, -0.25) is 4.79 Å². The van der Waals surface area contributed by atoms with Crippen LogP contribution in [0.5, 0.6) is 0 Å². The molecule has 1 heterocycles. The Morgan fingerprint density at radius 3 is 2.83 bits per heavy atom. The van der Waals surface area contributed by atoms with E-state index < -0.39 is 0 Å². The highest BCUT2D eigenvalue weighted by atomic mass is 16.5. The Balaban J connectivity index is 2.15. The number of hydrogen-bond donors (Lipinski definition) is 1. The smallest absolute Gasteiger partial charge is 0.208 e. The normalized spacial score (nSPS) is 10.5. The molecule has 1 aromatic heterocycles. The van der Waals surface area contributed by atoms with E-state index in [0.29, 0.717) is 18.8 Å². The van der Waals surface area contributed by atoms with Gasteiger partial charge >= 0.3 is 0 Å². The molecule has 0 radical (unpaired) electrons. The third-order valence-electron chi connectivity index (χ3n) is 2.33. The average molecular weight is 246 g/mol. The minimum atomic E-state index is -0.169. The van der Waals surface area contributed by atoms with Gasteiger partial charge in [-0.2, -0.15) is 0 Å². The molecule has 0 fully saturated rings. The molecule has 0 amide bonds. The summed E-state index contributed by atoms with van der Waals surface area (Å²) in [5.41, 5.74) is 6.48. The topological polar surface area (TPSA) is 83.0 Å². The first-order chi connectivity index (χ1) is 8.83. The van der Waals surface area contributed by atoms with E-state index in [1.807, 2.05) is 30.3 Å². The van der Waals surface area contributed by atoms with Gasteiger partial charge in [0.05, 0.1) is 18.5 Å². The average Bonchev–Trinajstić information content (AvgIpc) is 2.89. The van der Waals surface area contributed by atoms with Crippen LogP contribution in [-0.2, 0) is 4.74 Å². The van der Waals surface area contributed by atoms with Gasteiger partial charge in [0.15, 0.2) is 0 Å². The van der Waals surface area contributed by atoms with Crippen molar-refractivity contribution in [3.8, 4) is 5.69 Å². The first-order valence-electron chi connectivity index (χ1n) is 5.60. The van der Waals surface area contributed by atoms with Gasteiger partial charge in [-0.05, 0) is 12.1 Å². The first-order valence-corrected chi connectivity index (χ1v) is 5.60. The van der Waals surface area contributed by atoms with Gasteiger partial charge in [-0.15, -0.1) is 5.10 Å². The molecular weight excluding hydrogens is 232 g/mol. The zero-order valence-electron chi connectivity index (χ0n) is 9.82. The lowest BCUT2D eigenvalue weighted by molar-refractivity contribution is 0.0766. The van der Waals surface area contributed by atoms with Gasteiger partial charge in [-0.1, -0.05) is 23.4 Å². The molecule has 0 saturated heterocycles. The number of nitrogens with zero attached hydrogens (tertiary/aromatic N) is 3. The van der Waals surface area contributed by atoms with E-state index in [9.17, 15) is 4.79 Å². The third-order valence-corrected chi connectivity index (χ3v) is 2.33. The van der Waals surface area contributed by atoms with Crippen molar-refractivity contribution in [2.24, 2.45) is 5.73 Å². The molecule has 6 heteroatoms. The summed E-state index contributed by atoms with van der Waals surface area (Å²) in [5, 5.41) is 7.66. The van der Waals surface area contributed by atoms with Crippen molar-refractivity contribution in [1.82, 2.24) is 15.0 Å². The van der Waals surface area contributed by atoms with Gasteiger partial charge in [0.25, 0.3) is 0 Å². The fourth-order valence-corrected chi connectivity index (χ4v) is 1.51. The number of nitrogens with two attached hydrogens (primary N) is 1. The predicted molar refractivity (Wildman–Crippen MR) is 65.6 cm³/mol. The van der Waals surface area contributed by atoms with Gasteiger partial charge in [0.1, 0.15) is 12.3 Å². The second kappa shape index (κ2) is 6.04. The number of ketones is 1. The molecule has 0 saturated carbocycles. The van der Waals surface area contributed by atoms with E-state index in [1.165, 1.54) is 10.9 Å².